The third kappa shape index (κ3) is 3.42. The smallest absolute Gasteiger partial charge is 0.336 e. The van der Waals surface area contributed by atoms with E-state index in [0.29, 0.717) is 11.3 Å². The minimum Gasteiger partial charge on any atom is -0.491 e. The van der Waals surface area contributed by atoms with E-state index in [9.17, 15) is 14.7 Å². The van der Waals surface area contributed by atoms with Gasteiger partial charge in [0.05, 0.1) is 18.6 Å². The van der Waals surface area contributed by atoms with E-state index in [0.717, 1.165) is 11.3 Å². The van der Waals surface area contributed by atoms with E-state index in [4.69, 9.17) is 9.84 Å². The number of amides is 1. The van der Waals surface area contributed by atoms with E-state index in [-0.39, 0.29) is 31.1 Å². The maximum Gasteiger partial charge on any atom is 0.336 e. The zero-order chi connectivity index (χ0) is 17.2. The van der Waals surface area contributed by atoms with Gasteiger partial charge in [0, 0.05) is 16.7 Å². The van der Waals surface area contributed by atoms with Gasteiger partial charge in [0.1, 0.15) is 17.9 Å². The number of thiophene rings is 1. The highest BCUT2D eigenvalue weighted by atomic mass is 32.1. The summed E-state index contributed by atoms with van der Waals surface area (Å²) in [6, 6.07) is 9.02. The second-order valence-corrected chi connectivity index (χ2v) is 6.84. The Hall–Kier alpha value is -2.38. The Kier molecular flexibility index (Phi) is 4.55. The summed E-state index contributed by atoms with van der Waals surface area (Å²) >= 11 is 1.23. The Morgan fingerprint density at radius 2 is 2.12 bits per heavy atom. The molecule has 0 fully saturated rings. The van der Waals surface area contributed by atoms with Gasteiger partial charge < -0.3 is 20.3 Å². The van der Waals surface area contributed by atoms with E-state index < -0.39 is 11.5 Å². The van der Waals surface area contributed by atoms with Gasteiger partial charge in [-0.15, -0.1) is 11.3 Å². The Labute approximate surface area is 142 Å². The molecule has 2 aromatic rings. The van der Waals surface area contributed by atoms with Crippen molar-refractivity contribution in [1.29, 1.82) is 0 Å². The van der Waals surface area contributed by atoms with Crippen LogP contribution in [0.15, 0.2) is 35.7 Å². The first-order chi connectivity index (χ1) is 11.5. The standard InChI is InChI=1S/C17H17NO5S/c19-9-17(7-11-3-1-2-4-14(11)23-10-17)18-15(20)6-13-5-12(8-24-13)16(21)22/h1-5,8,19H,6-7,9-10H2,(H,18,20)(H,21,22). The molecule has 6 nitrogen and oxygen atoms in total. The van der Waals surface area contributed by atoms with Crippen LogP contribution < -0.4 is 10.1 Å². The number of aromatic carboxylic acids is 1. The van der Waals surface area contributed by atoms with E-state index in [1.807, 2.05) is 24.3 Å². The number of carboxylic acids is 1. The van der Waals surface area contributed by atoms with Crippen LogP contribution >= 0.6 is 11.3 Å². The third-order valence-electron chi connectivity index (χ3n) is 3.95. The molecule has 1 aromatic heterocycles. The molecule has 1 aliphatic heterocycles. The molecule has 24 heavy (non-hydrogen) atoms. The molecular weight excluding hydrogens is 330 g/mol. The molecule has 0 saturated heterocycles. The molecule has 0 aliphatic carbocycles. The monoisotopic (exact) mass is 347 g/mol. The fourth-order valence-electron chi connectivity index (χ4n) is 2.73. The topological polar surface area (TPSA) is 95.9 Å². The van der Waals surface area contributed by atoms with Crippen molar-refractivity contribution in [3.63, 3.8) is 0 Å². The lowest BCUT2D eigenvalue weighted by atomic mass is 9.89. The van der Waals surface area contributed by atoms with Crippen LogP contribution in [0.2, 0.25) is 0 Å². The minimum atomic E-state index is -1.01. The summed E-state index contributed by atoms with van der Waals surface area (Å²) in [7, 11) is 0. The van der Waals surface area contributed by atoms with Crippen LogP contribution in [0.25, 0.3) is 0 Å². The number of carboxylic acid groups (broad SMARTS) is 1. The Morgan fingerprint density at radius 3 is 2.83 bits per heavy atom. The second-order valence-electron chi connectivity index (χ2n) is 5.84. The van der Waals surface area contributed by atoms with Crippen molar-refractivity contribution in [2.24, 2.45) is 0 Å². The van der Waals surface area contributed by atoms with Gasteiger partial charge in [0.2, 0.25) is 5.91 Å². The van der Waals surface area contributed by atoms with Crippen LogP contribution in [0.4, 0.5) is 0 Å². The first kappa shape index (κ1) is 16.5. The molecule has 0 bridgehead atoms. The number of benzene rings is 1. The van der Waals surface area contributed by atoms with E-state index >= 15 is 0 Å². The van der Waals surface area contributed by atoms with Crippen molar-refractivity contribution in [3.8, 4) is 5.75 Å². The predicted molar refractivity (Wildman–Crippen MR) is 88.6 cm³/mol. The van der Waals surface area contributed by atoms with Crippen LogP contribution in [0.5, 0.6) is 5.75 Å². The maximum atomic E-state index is 12.3. The number of carbonyl (C=O) groups is 2. The van der Waals surface area contributed by atoms with Gasteiger partial charge in [-0.05, 0) is 17.7 Å². The summed E-state index contributed by atoms with van der Waals surface area (Å²) < 4.78 is 5.67. The third-order valence-corrected chi connectivity index (χ3v) is 4.88. The predicted octanol–water partition coefficient (Wildman–Crippen LogP) is 1.47. The number of aliphatic hydroxyl groups is 1. The van der Waals surface area contributed by atoms with Gasteiger partial charge in [-0.25, -0.2) is 4.79 Å². The quantitative estimate of drug-likeness (QED) is 0.761. The summed E-state index contributed by atoms with van der Waals surface area (Å²) in [5.74, 6) is -0.520. The molecule has 0 saturated carbocycles. The number of fused-ring (bicyclic) bond motifs is 1. The lowest BCUT2D eigenvalue weighted by Gasteiger charge is -2.37. The fourth-order valence-corrected chi connectivity index (χ4v) is 3.58. The Morgan fingerprint density at radius 1 is 1.33 bits per heavy atom. The minimum absolute atomic E-state index is 0.0708. The molecule has 1 atom stereocenters. The van der Waals surface area contributed by atoms with E-state index in [1.54, 1.807) is 0 Å². The highest BCUT2D eigenvalue weighted by Gasteiger charge is 2.36. The van der Waals surface area contributed by atoms with Crippen molar-refractivity contribution in [3.05, 3.63) is 51.7 Å². The fraction of sp³-hybridized carbons (Fsp3) is 0.294. The van der Waals surface area contributed by atoms with E-state index in [1.165, 1.54) is 22.8 Å². The van der Waals surface area contributed by atoms with Crippen LogP contribution in [0, 0.1) is 0 Å². The number of para-hydroxylation sites is 1. The highest BCUT2D eigenvalue weighted by Crippen LogP contribution is 2.29. The van der Waals surface area contributed by atoms with Crippen molar-refractivity contribution >= 4 is 23.2 Å². The zero-order valence-corrected chi connectivity index (χ0v) is 13.6. The largest absolute Gasteiger partial charge is 0.491 e. The molecule has 0 spiro atoms. The summed E-state index contributed by atoms with van der Waals surface area (Å²) in [6.07, 6.45) is 0.553. The van der Waals surface area contributed by atoms with Gasteiger partial charge in [-0.2, -0.15) is 0 Å². The summed E-state index contributed by atoms with van der Waals surface area (Å²) in [5, 5.41) is 23.1. The first-order valence-corrected chi connectivity index (χ1v) is 8.33. The average Bonchev–Trinajstić information content (AvgIpc) is 3.03. The van der Waals surface area contributed by atoms with Crippen molar-refractivity contribution in [2.75, 3.05) is 13.2 Å². The summed E-state index contributed by atoms with van der Waals surface area (Å²) in [4.78, 5) is 23.9. The molecule has 1 aliphatic rings. The number of nitrogens with one attached hydrogen (secondary N) is 1. The van der Waals surface area contributed by atoms with Gasteiger partial charge >= 0.3 is 5.97 Å². The van der Waals surface area contributed by atoms with Gasteiger partial charge in [0.15, 0.2) is 0 Å². The number of ether oxygens (including phenoxy) is 1. The number of hydrogen-bond donors (Lipinski definition) is 3. The van der Waals surface area contributed by atoms with Gasteiger partial charge in [0.25, 0.3) is 0 Å². The highest BCUT2D eigenvalue weighted by molar-refractivity contribution is 7.10. The molecule has 1 unspecified atom stereocenters. The molecule has 0 radical (unpaired) electrons. The number of hydrogen-bond acceptors (Lipinski definition) is 5. The van der Waals surface area contributed by atoms with Crippen molar-refractivity contribution in [1.82, 2.24) is 5.32 Å². The second kappa shape index (κ2) is 6.62. The number of carbonyl (C=O) groups excluding carboxylic acids is 1. The van der Waals surface area contributed by atoms with Crippen LogP contribution in [-0.4, -0.2) is 40.8 Å². The van der Waals surface area contributed by atoms with Gasteiger partial charge in [-0.1, -0.05) is 18.2 Å². The lowest BCUT2D eigenvalue weighted by molar-refractivity contribution is -0.123. The first-order valence-electron chi connectivity index (χ1n) is 7.45. The molecule has 1 amide bonds. The molecule has 3 rings (SSSR count). The molecule has 3 N–H and O–H groups in total. The normalized spacial score (nSPS) is 19.2. The maximum absolute atomic E-state index is 12.3. The molecule has 1 aromatic carbocycles. The SMILES string of the molecule is O=C(Cc1cc(C(=O)O)cs1)NC1(CO)COc2ccccc2C1. The lowest BCUT2D eigenvalue weighted by Crippen LogP contribution is -2.58. The average molecular weight is 347 g/mol. The summed E-state index contributed by atoms with van der Waals surface area (Å²) in [6.45, 7) is -0.0467. The van der Waals surface area contributed by atoms with Crippen molar-refractivity contribution < 1.29 is 24.5 Å². The van der Waals surface area contributed by atoms with Crippen molar-refractivity contribution in [2.45, 2.75) is 18.4 Å². The number of rotatable bonds is 5. The van der Waals surface area contributed by atoms with Crippen LogP contribution in [0.3, 0.4) is 0 Å². The van der Waals surface area contributed by atoms with Gasteiger partial charge in [-0.3, -0.25) is 4.79 Å². The van der Waals surface area contributed by atoms with Crippen LogP contribution in [0.1, 0.15) is 20.8 Å². The molecular formula is C17H17NO5S. The van der Waals surface area contributed by atoms with Crippen LogP contribution in [-0.2, 0) is 17.6 Å². The molecule has 2 heterocycles. The Balaban J connectivity index is 1.69. The van der Waals surface area contributed by atoms with E-state index in [2.05, 4.69) is 5.32 Å². The Bertz CT molecular complexity index is 772. The number of aliphatic hydroxyl groups excluding tert-OH is 1. The summed E-state index contributed by atoms with van der Waals surface area (Å²) in [5.41, 5.74) is 0.246. The zero-order valence-electron chi connectivity index (χ0n) is 12.8. The molecule has 7 heteroatoms. The molecule has 126 valence electrons.